The Morgan fingerprint density at radius 2 is 1.65 bits per heavy atom. The van der Waals surface area contributed by atoms with Gasteiger partial charge in [-0.3, -0.25) is 9.36 Å². The number of aromatic nitrogens is 1. The number of esters is 2. The summed E-state index contributed by atoms with van der Waals surface area (Å²) in [4.78, 5) is 44.5. The lowest BCUT2D eigenvalue weighted by Gasteiger charge is -2.25. The third kappa shape index (κ3) is 7.86. The van der Waals surface area contributed by atoms with Crippen LogP contribution >= 0.6 is 43.2 Å². The first kappa shape index (κ1) is 37.1. The molecule has 0 aliphatic carbocycles. The molecule has 0 fully saturated rings. The van der Waals surface area contributed by atoms with E-state index >= 15 is 0 Å². The fourth-order valence-electron chi connectivity index (χ4n) is 5.82. The summed E-state index contributed by atoms with van der Waals surface area (Å²) in [5.41, 5.74) is 2.66. The van der Waals surface area contributed by atoms with Crippen LogP contribution in [0.1, 0.15) is 43.5 Å². The summed E-state index contributed by atoms with van der Waals surface area (Å²) in [5.74, 6) is 0.137. The maximum atomic E-state index is 14.3. The molecule has 0 saturated heterocycles. The molecule has 0 bridgehead atoms. The highest BCUT2D eigenvalue weighted by Crippen LogP contribution is 2.38. The highest BCUT2D eigenvalue weighted by atomic mass is 79.9. The van der Waals surface area contributed by atoms with Crippen molar-refractivity contribution in [3.63, 3.8) is 0 Å². The summed E-state index contributed by atoms with van der Waals surface area (Å²) < 4.78 is 31.2. The molecule has 13 heteroatoms. The van der Waals surface area contributed by atoms with Crippen molar-refractivity contribution >= 4 is 72.0 Å². The molecule has 4 aromatic carbocycles. The average Bonchev–Trinajstić information content (AvgIpc) is 3.43. The number of ether oxygens (including phenoxy) is 5. The van der Waals surface area contributed by atoms with Crippen molar-refractivity contribution in [2.45, 2.75) is 33.4 Å². The first-order valence-corrected chi connectivity index (χ1v) is 18.8. The number of halogens is 2. The van der Waals surface area contributed by atoms with Crippen molar-refractivity contribution in [2.75, 3.05) is 26.9 Å². The number of rotatable bonds is 12. The normalized spacial score (nSPS) is 14.1. The predicted molar refractivity (Wildman–Crippen MR) is 206 cm³/mol. The third-order valence-corrected chi connectivity index (χ3v) is 10.4. The van der Waals surface area contributed by atoms with Crippen LogP contribution in [0, 0.1) is 0 Å². The first-order chi connectivity index (χ1) is 25.1. The molecule has 0 N–H and O–H groups in total. The maximum Gasteiger partial charge on any atom is 0.343 e. The van der Waals surface area contributed by atoms with Crippen molar-refractivity contribution in [3.05, 3.63) is 129 Å². The molecule has 1 aliphatic rings. The summed E-state index contributed by atoms with van der Waals surface area (Å²) in [5, 5.41) is 2.30. The van der Waals surface area contributed by atoms with Crippen LogP contribution in [0.4, 0.5) is 0 Å². The molecule has 0 radical (unpaired) electrons. The molecule has 0 unspecified atom stereocenters. The summed E-state index contributed by atoms with van der Waals surface area (Å²) >= 11 is 8.53. The lowest BCUT2D eigenvalue weighted by atomic mass is 9.95. The number of hydrogen-bond acceptors (Lipinski definition) is 10. The largest absolute Gasteiger partial charge is 0.490 e. The van der Waals surface area contributed by atoms with Crippen LogP contribution in [0.15, 0.2) is 103 Å². The Bertz CT molecular complexity index is 2380. The fraction of sp³-hybridized carbons (Fsp3) is 0.231. The Kier molecular flexibility index (Phi) is 11.6. The quantitative estimate of drug-likeness (QED) is 0.123. The summed E-state index contributed by atoms with van der Waals surface area (Å²) in [6.45, 7) is 5.75. The summed E-state index contributed by atoms with van der Waals surface area (Å²) in [6.07, 6.45) is 1.78. The second kappa shape index (κ2) is 16.3. The number of thiazole rings is 1. The molecule has 5 aromatic rings. The molecule has 1 aliphatic heterocycles. The van der Waals surface area contributed by atoms with Gasteiger partial charge in [0.25, 0.3) is 5.56 Å². The van der Waals surface area contributed by atoms with E-state index in [1.165, 1.54) is 23.0 Å². The molecule has 2 heterocycles. The number of nitrogens with zero attached hydrogens (tertiary/aromatic N) is 2. The molecule has 0 amide bonds. The van der Waals surface area contributed by atoms with Crippen LogP contribution in [-0.4, -0.2) is 43.4 Å². The van der Waals surface area contributed by atoms with E-state index in [1.54, 1.807) is 38.1 Å². The Balaban J connectivity index is 1.37. The van der Waals surface area contributed by atoms with Crippen LogP contribution in [0.5, 0.6) is 17.2 Å². The zero-order chi connectivity index (χ0) is 36.9. The molecule has 0 spiro atoms. The standard InChI is InChI=1S/C39H34Br2N2O8S/c1-5-48-31-19-27(13-14-30(31)50-21-33(44)47-4)35-34(38(46)49-6-2)22(3)42-39-43(35)37(45)32(52-39)18-24-16-28(40)36(29(41)17-24)51-20-23-11-12-25-9-7-8-10-26(25)15-23/h7-19,35H,5-6,20-21H2,1-4H3/b32-18-/t35-/m0/s1. The van der Waals surface area contributed by atoms with Crippen molar-refractivity contribution < 1.29 is 33.3 Å². The number of allylic oxidation sites excluding steroid dienone is 1. The van der Waals surface area contributed by atoms with E-state index in [0.29, 0.717) is 60.0 Å². The van der Waals surface area contributed by atoms with E-state index in [1.807, 2.05) is 37.3 Å². The molecule has 52 heavy (non-hydrogen) atoms. The zero-order valence-electron chi connectivity index (χ0n) is 28.7. The second-order valence-corrected chi connectivity index (χ2v) is 14.3. The zero-order valence-corrected chi connectivity index (χ0v) is 32.7. The van der Waals surface area contributed by atoms with Crippen LogP contribution < -0.4 is 29.1 Å². The number of carbonyl (C=O) groups excluding carboxylic acids is 2. The van der Waals surface area contributed by atoms with Crippen LogP contribution in [0.25, 0.3) is 16.8 Å². The van der Waals surface area contributed by atoms with E-state index in [4.69, 9.17) is 23.7 Å². The van der Waals surface area contributed by atoms with Crippen LogP contribution in [-0.2, 0) is 25.7 Å². The van der Waals surface area contributed by atoms with Gasteiger partial charge in [-0.2, -0.15) is 0 Å². The highest BCUT2D eigenvalue weighted by molar-refractivity contribution is 9.11. The molecular formula is C39H34Br2N2O8S. The fourth-order valence-corrected chi connectivity index (χ4v) is 8.32. The van der Waals surface area contributed by atoms with E-state index in [0.717, 1.165) is 21.9 Å². The monoisotopic (exact) mass is 848 g/mol. The van der Waals surface area contributed by atoms with Crippen LogP contribution in [0.3, 0.4) is 0 Å². The maximum absolute atomic E-state index is 14.3. The second-order valence-electron chi connectivity index (χ2n) is 11.6. The lowest BCUT2D eigenvalue weighted by Crippen LogP contribution is -2.40. The Hall–Kier alpha value is -4.72. The molecule has 10 nitrogen and oxygen atoms in total. The average molecular weight is 851 g/mol. The van der Waals surface area contributed by atoms with Gasteiger partial charge in [0, 0.05) is 0 Å². The Morgan fingerprint density at radius 3 is 2.37 bits per heavy atom. The predicted octanol–water partition coefficient (Wildman–Crippen LogP) is 7.01. The highest BCUT2D eigenvalue weighted by Gasteiger charge is 2.34. The van der Waals surface area contributed by atoms with Gasteiger partial charge in [0.05, 0.1) is 51.1 Å². The minimum Gasteiger partial charge on any atom is -0.490 e. The van der Waals surface area contributed by atoms with Gasteiger partial charge in [0.2, 0.25) is 0 Å². The van der Waals surface area contributed by atoms with Gasteiger partial charge in [0.1, 0.15) is 12.4 Å². The number of fused-ring (bicyclic) bond motifs is 2. The van der Waals surface area contributed by atoms with Gasteiger partial charge < -0.3 is 23.7 Å². The molecular weight excluding hydrogens is 816 g/mol. The summed E-state index contributed by atoms with van der Waals surface area (Å²) in [7, 11) is 1.27. The Morgan fingerprint density at radius 1 is 0.904 bits per heavy atom. The van der Waals surface area contributed by atoms with Crippen molar-refractivity contribution in [2.24, 2.45) is 4.99 Å². The van der Waals surface area contributed by atoms with E-state index in [9.17, 15) is 14.4 Å². The van der Waals surface area contributed by atoms with Crippen LogP contribution in [0.2, 0.25) is 0 Å². The number of carbonyl (C=O) groups is 2. The summed E-state index contributed by atoms with van der Waals surface area (Å²) in [6, 6.07) is 22.3. The van der Waals surface area contributed by atoms with E-state index in [-0.39, 0.29) is 24.3 Å². The third-order valence-electron chi connectivity index (χ3n) is 8.19. The minimum atomic E-state index is -0.879. The van der Waals surface area contributed by atoms with Gasteiger partial charge in [0.15, 0.2) is 22.9 Å². The molecule has 6 rings (SSSR count). The van der Waals surface area contributed by atoms with Gasteiger partial charge in [-0.15, -0.1) is 0 Å². The van der Waals surface area contributed by atoms with Crippen molar-refractivity contribution in [3.8, 4) is 17.2 Å². The van der Waals surface area contributed by atoms with Crippen molar-refractivity contribution in [1.29, 1.82) is 0 Å². The van der Waals surface area contributed by atoms with Gasteiger partial charge in [-0.05, 0) is 117 Å². The SMILES string of the molecule is CCOC(=O)C1=C(C)N=c2s/c(=C\c3cc(Br)c(OCc4ccc5ccccc5c4)c(Br)c3)c(=O)n2[C@H]1c1ccc(OCC(=O)OC)c(OCC)c1. The van der Waals surface area contributed by atoms with Crippen molar-refractivity contribution in [1.82, 2.24) is 4.57 Å². The number of hydrogen-bond donors (Lipinski definition) is 0. The van der Waals surface area contributed by atoms with E-state index < -0.39 is 18.0 Å². The number of methoxy groups -OCH3 is 1. The topological polar surface area (TPSA) is 115 Å². The Labute approximate surface area is 320 Å². The molecule has 1 aromatic heterocycles. The van der Waals surface area contributed by atoms with E-state index in [2.05, 4.69) is 61.1 Å². The molecule has 0 saturated carbocycles. The smallest absolute Gasteiger partial charge is 0.343 e. The molecule has 268 valence electrons. The van der Waals surface area contributed by atoms with Gasteiger partial charge in [-0.25, -0.2) is 14.6 Å². The van der Waals surface area contributed by atoms with Gasteiger partial charge >= 0.3 is 11.9 Å². The number of benzene rings is 4. The first-order valence-electron chi connectivity index (χ1n) is 16.4. The molecule has 1 atom stereocenters. The lowest BCUT2D eigenvalue weighted by molar-refractivity contribution is -0.143. The van der Waals surface area contributed by atoms with Gasteiger partial charge in [-0.1, -0.05) is 53.8 Å². The minimum absolute atomic E-state index is 0.142.